The Kier molecular flexibility index (Phi) is 3.98. The van der Waals surface area contributed by atoms with Crippen LogP contribution in [0.3, 0.4) is 0 Å². The van der Waals surface area contributed by atoms with E-state index in [-0.39, 0.29) is 28.6 Å². The van der Waals surface area contributed by atoms with Crippen molar-refractivity contribution in [2.24, 2.45) is 0 Å². The molecule has 0 saturated carbocycles. The number of rotatable bonds is 5. The van der Waals surface area contributed by atoms with Crippen molar-refractivity contribution in [2.75, 3.05) is 7.11 Å². The van der Waals surface area contributed by atoms with Crippen molar-refractivity contribution in [3.63, 3.8) is 0 Å². The van der Waals surface area contributed by atoms with E-state index in [1.165, 1.54) is 43.6 Å². The molecule has 2 rings (SSSR count). The van der Waals surface area contributed by atoms with Gasteiger partial charge in [-0.1, -0.05) is 0 Å². The molecule has 1 aromatic heterocycles. The average molecular weight is 290 g/mol. The quantitative estimate of drug-likeness (QED) is 0.664. The predicted molar refractivity (Wildman–Crippen MR) is 70.9 cm³/mol. The molecular formula is C13H10N2O6. The number of hydrogen-bond donors (Lipinski definition) is 1. The summed E-state index contributed by atoms with van der Waals surface area (Å²) in [6.07, 6.45) is 1.37. The van der Waals surface area contributed by atoms with Crippen LogP contribution in [0.15, 0.2) is 36.5 Å². The molecule has 0 aliphatic heterocycles. The maximum atomic E-state index is 11.1. The molecule has 0 bridgehead atoms. The summed E-state index contributed by atoms with van der Waals surface area (Å²) in [6, 6.07) is 6.52. The number of hydrogen-bond acceptors (Lipinski definition) is 6. The highest BCUT2D eigenvalue weighted by atomic mass is 16.6. The number of nitro groups is 1. The SMILES string of the molecule is COc1cc([N+](=O)[O-])ccc1Oc1ncccc1C(=O)O. The number of pyridine rings is 1. The Morgan fingerprint density at radius 3 is 2.71 bits per heavy atom. The zero-order valence-corrected chi connectivity index (χ0v) is 10.8. The van der Waals surface area contributed by atoms with Crippen LogP contribution >= 0.6 is 0 Å². The van der Waals surface area contributed by atoms with E-state index < -0.39 is 10.9 Å². The van der Waals surface area contributed by atoms with Crippen LogP contribution in [-0.2, 0) is 0 Å². The van der Waals surface area contributed by atoms with Gasteiger partial charge in [0.2, 0.25) is 5.88 Å². The fourth-order valence-electron chi connectivity index (χ4n) is 1.59. The number of benzene rings is 1. The van der Waals surface area contributed by atoms with E-state index in [9.17, 15) is 14.9 Å². The van der Waals surface area contributed by atoms with Gasteiger partial charge in [0.1, 0.15) is 5.56 Å². The van der Waals surface area contributed by atoms with Crippen molar-refractivity contribution in [2.45, 2.75) is 0 Å². The summed E-state index contributed by atoms with van der Waals surface area (Å²) in [5, 5.41) is 19.7. The minimum absolute atomic E-state index is 0.103. The molecule has 108 valence electrons. The van der Waals surface area contributed by atoms with Gasteiger partial charge >= 0.3 is 5.97 Å². The molecule has 0 amide bonds. The van der Waals surface area contributed by atoms with Crippen molar-refractivity contribution < 1.29 is 24.3 Å². The van der Waals surface area contributed by atoms with Crippen LogP contribution in [0.5, 0.6) is 17.4 Å². The van der Waals surface area contributed by atoms with Gasteiger partial charge in [-0.2, -0.15) is 0 Å². The highest BCUT2D eigenvalue weighted by Gasteiger charge is 2.17. The Morgan fingerprint density at radius 2 is 2.10 bits per heavy atom. The molecule has 1 N–H and O–H groups in total. The topological polar surface area (TPSA) is 112 Å². The number of aromatic nitrogens is 1. The number of carbonyl (C=O) groups is 1. The first-order valence-electron chi connectivity index (χ1n) is 5.71. The Bertz CT molecular complexity index is 701. The van der Waals surface area contributed by atoms with Gasteiger partial charge in [0, 0.05) is 12.3 Å². The third kappa shape index (κ3) is 3.06. The van der Waals surface area contributed by atoms with Crippen LogP contribution in [-0.4, -0.2) is 28.1 Å². The molecular weight excluding hydrogens is 280 g/mol. The first kappa shape index (κ1) is 14.3. The normalized spacial score (nSPS) is 9.95. The number of nitro benzene ring substituents is 1. The van der Waals surface area contributed by atoms with Gasteiger partial charge in [-0.3, -0.25) is 10.1 Å². The smallest absolute Gasteiger partial charge is 0.341 e. The summed E-state index contributed by atoms with van der Waals surface area (Å²) in [7, 11) is 1.32. The molecule has 0 saturated heterocycles. The maximum Gasteiger partial charge on any atom is 0.341 e. The van der Waals surface area contributed by atoms with Gasteiger partial charge in [-0.15, -0.1) is 0 Å². The fourth-order valence-corrected chi connectivity index (χ4v) is 1.59. The number of aromatic carboxylic acids is 1. The molecule has 2 aromatic rings. The van der Waals surface area contributed by atoms with Crippen LogP contribution in [0.2, 0.25) is 0 Å². The highest BCUT2D eigenvalue weighted by molar-refractivity contribution is 5.90. The van der Waals surface area contributed by atoms with E-state index in [1.54, 1.807) is 0 Å². The first-order valence-corrected chi connectivity index (χ1v) is 5.71. The number of methoxy groups -OCH3 is 1. The van der Waals surface area contributed by atoms with E-state index in [1.807, 2.05) is 0 Å². The molecule has 0 aliphatic rings. The lowest BCUT2D eigenvalue weighted by Crippen LogP contribution is -2.02. The largest absolute Gasteiger partial charge is 0.493 e. The number of carboxylic acid groups (broad SMARTS) is 1. The zero-order valence-electron chi connectivity index (χ0n) is 10.8. The molecule has 0 fully saturated rings. The van der Waals surface area contributed by atoms with Crippen LogP contribution in [0.1, 0.15) is 10.4 Å². The predicted octanol–water partition coefficient (Wildman–Crippen LogP) is 2.49. The molecule has 0 aliphatic carbocycles. The van der Waals surface area contributed by atoms with Crippen LogP contribution in [0.4, 0.5) is 5.69 Å². The van der Waals surface area contributed by atoms with Crippen LogP contribution in [0, 0.1) is 10.1 Å². The third-order valence-electron chi connectivity index (χ3n) is 2.57. The van der Waals surface area contributed by atoms with Crippen molar-refractivity contribution in [1.82, 2.24) is 4.98 Å². The maximum absolute atomic E-state index is 11.1. The molecule has 0 unspecified atom stereocenters. The van der Waals surface area contributed by atoms with E-state index >= 15 is 0 Å². The Hall–Kier alpha value is -3.16. The van der Waals surface area contributed by atoms with Crippen LogP contribution in [0.25, 0.3) is 0 Å². The van der Waals surface area contributed by atoms with Gasteiger partial charge in [-0.25, -0.2) is 9.78 Å². The van der Waals surface area contributed by atoms with Gasteiger partial charge in [0.15, 0.2) is 11.5 Å². The molecule has 0 spiro atoms. The summed E-state index contributed by atoms with van der Waals surface area (Å²) >= 11 is 0. The van der Waals surface area contributed by atoms with E-state index in [2.05, 4.69) is 4.98 Å². The molecule has 21 heavy (non-hydrogen) atoms. The van der Waals surface area contributed by atoms with E-state index in [0.717, 1.165) is 0 Å². The van der Waals surface area contributed by atoms with E-state index in [0.29, 0.717) is 0 Å². The second-order valence-electron chi connectivity index (χ2n) is 3.86. The molecule has 0 atom stereocenters. The van der Waals surface area contributed by atoms with Crippen molar-refractivity contribution in [3.05, 3.63) is 52.2 Å². The second kappa shape index (κ2) is 5.87. The summed E-state index contributed by atoms with van der Waals surface area (Å²) in [6.45, 7) is 0. The fraction of sp³-hybridized carbons (Fsp3) is 0.0769. The van der Waals surface area contributed by atoms with Gasteiger partial charge in [0.25, 0.3) is 5.69 Å². The lowest BCUT2D eigenvalue weighted by atomic mass is 10.2. The lowest BCUT2D eigenvalue weighted by Gasteiger charge is -2.10. The van der Waals surface area contributed by atoms with Crippen LogP contribution < -0.4 is 9.47 Å². The molecule has 0 radical (unpaired) electrons. The first-order chi connectivity index (χ1) is 10.0. The van der Waals surface area contributed by atoms with Gasteiger partial charge < -0.3 is 14.6 Å². The lowest BCUT2D eigenvalue weighted by molar-refractivity contribution is -0.384. The monoisotopic (exact) mass is 290 g/mol. The summed E-state index contributed by atoms with van der Waals surface area (Å²) in [5.74, 6) is -1.09. The van der Waals surface area contributed by atoms with Gasteiger partial charge in [0.05, 0.1) is 18.1 Å². The van der Waals surface area contributed by atoms with Crippen molar-refractivity contribution >= 4 is 11.7 Å². The van der Waals surface area contributed by atoms with E-state index in [4.69, 9.17) is 14.6 Å². The standard InChI is InChI=1S/C13H10N2O6/c1-20-11-7-8(15(18)19)4-5-10(11)21-12-9(13(16)17)3-2-6-14-12/h2-7H,1H3,(H,16,17). The zero-order chi connectivity index (χ0) is 15.4. The molecule has 8 heteroatoms. The third-order valence-corrected chi connectivity index (χ3v) is 2.57. The Morgan fingerprint density at radius 1 is 1.33 bits per heavy atom. The molecule has 8 nitrogen and oxygen atoms in total. The molecule has 1 heterocycles. The summed E-state index contributed by atoms with van der Waals surface area (Å²) in [4.78, 5) is 25.0. The molecule has 1 aromatic carbocycles. The summed E-state index contributed by atoms with van der Waals surface area (Å²) in [5.41, 5.74) is -0.295. The van der Waals surface area contributed by atoms with Crippen molar-refractivity contribution in [1.29, 1.82) is 0 Å². The minimum Gasteiger partial charge on any atom is -0.493 e. The summed E-state index contributed by atoms with van der Waals surface area (Å²) < 4.78 is 10.4. The highest BCUT2D eigenvalue weighted by Crippen LogP contribution is 2.34. The average Bonchev–Trinajstić information content (AvgIpc) is 2.47. The number of carboxylic acids is 1. The Balaban J connectivity index is 2.40. The van der Waals surface area contributed by atoms with Gasteiger partial charge in [-0.05, 0) is 18.2 Å². The second-order valence-corrected chi connectivity index (χ2v) is 3.86. The Labute approximate surface area is 118 Å². The number of ether oxygens (including phenoxy) is 2. The number of non-ortho nitro benzene ring substituents is 1. The van der Waals surface area contributed by atoms with Crippen molar-refractivity contribution in [3.8, 4) is 17.4 Å². The number of nitrogens with zero attached hydrogens (tertiary/aromatic N) is 2. The minimum atomic E-state index is -1.20.